The molecule has 0 saturated heterocycles. The molecule has 194 valence electrons. The molecule has 2 heterocycles. The summed E-state index contributed by atoms with van der Waals surface area (Å²) in [5.41, 5.74) is 6.59. The minimum atomic E-state index is -0.290. The van der Waals surface area contributed by atoms with Gasteiger partial charge in [-0.1, -0.05) is 72.8 Å². The zero-order valence-electron chi connectivity index (χ0n) is 22.1. The number of fused-ring (bicyclic) bond motifs is 2. The Hall–Kier alpha value is -5.36. The lowest BCUT2D eigenvalue weighted by molar-refractivity contribution is 0.101. The van der Waals surface area contributed by atoms with Crippen molar-refractivity contribution < 1.29 is 9.59 Å². The SMILES string of the molecule is Cc1ccccc1NC(=O)c1c(-c2cnc3ccccc3c2C(=O)Nc2ccccc2C)cnc2ccccc12. The largest absolute Gasteiger partial charge is 0.322 e. The zero-order chi connectivity index (χ0) is 27.6. The first-order valence-corrected chi connectivity index (χ1v) is 13.0. The number of hydrogen-bond acceptors (Lipinski definition) is 4. The molecule has 2 amide bonds. The fourth-order valence-electron chi connectivity index (χ4n) is 4.98. The normalized spacial score (nSPS) is 10.9. The van der Waals surface area contributed by atoms with Crippen LogP contribution in [0.15, 0.2) is 109 Å². The van der Waals surface area contributed by atoms with Crippen LogP contribution in [0.1, 0.15) is 31.8 Å². The molecule has 2 N–H and O–H groups in total. The van der Waals surface area contributed by atoms with Gasteiger partial charge in [0.2, 0.25) is 0 Å². The van der Waals surface area contributed by atoms with Crippen molar-refractivity contribution in [3.8, 4) is 11.1 Å². The van der Waals surface area contributed by atoms with Gasteiger partial charge in [-0.2, -0.15) is 0 Å². The summed E-state index contributed by atoms with van der Waals surface area (Å²) in [4.78, 5) is 37.3. The van der Waals surface area contributed by atoms with Crippen LogP contribution in [0.25, 0.3) is 32.9 Å². The maximum Gasteiger partial charge on any atom is 0.257 e. The summed E-state index contributed by atoms with van der Waals surface area (Å²) in [5.74, 6) is -0.581. The highest BCUT2D eigenvalue weighted by Gasteiger charge is 2.24. The quantitative estimate of drug-likeness (QED) is 0.245. The van der Waals surface area contributed by atoms with E-state index in [1.807, 2.05) is 111 Å². The summed E-state index contributed by atoms with van der Waals surface area (Å²) in [6.45, 7) is 3.89. The Labute approximate surface area is 231 Å². The third-order valence-electron chi connectivity index (χ3n) is 7.08. The smallest absolute Gasteiger partial charge is 0.257 e. The Balaban J connectivity index is 1.58. The van der Waals surface area contributed by atoms with Gasteiger partial charge in [0.05, 0.1) is 22.2 Å². The van der Waals surface area contributed by atoms with E-state index in [4.69, 9.17) is 0 Å². The number of aromatic nitrogens is 2. The molecule has 0 aliphatic rings. The molecule has 0 bridgehead atoms. The summed E-state index contributed by atoms with van der Waals surface area (Å²) in [6, 6.07) is 30.3. The number of rotatable bonds is 5. The molecule has 2 aromatic heterocycles. The summed E-state index contributed by atoms with van der Waals surface area (Å²) in [7, 11) is 0. The highest BCUT2D eigenvalue weighted by molar-refractivity contribution is 6.21. The maximum absolute atomic E-state index is 14.0. The van der Waals surface area contributed by atoms with Crippen molar-refractivity contribution in [1.29, 1.82) is 0 Å². The zero-order valence-corrected chi connectivity index (χ0v) is 22.1. The van der Waals surface area contributed by atoms with E-state index in [0.717, 1.165) is 11.1 Å². The Morgan fingerprint density at radius 1 is 0.525 bits per heavy atom. The number of para-hydroxylation sites is 4. The summed E-state index contributed by atoms with van der Waals surface area (Å²) < 4.78 is 0. The second-order valence-electron chi connectivity index (χ2n) is 9.67. The molecule has 0 saturated carbocycles. The topological polar surface area (TPSA) is 84.0 Å². The van der Waals surface area contributed by atoms with Crippen LogP contribution in [0.4, 0.5) is 11.4 Å². The van der Waals surface area contributed by atoms with Crippen LogP contribution >= 0.6 is 0 Å². The summed E-state index contributed by atoms with van der Waals surface area (Å²) in [6.07, 6.45) is 3.32. The lowest BCUT2D eigenvalue weighted by atomic mass is 9.92. The first kappa shape index (κ1) is 24.9. The van der Waals surface area contributed by atoms with E-state index in [2.05, 4.69) is 20.6 Å². The van der Waals surface area contributed by atoms with Crippen LogP contribution < -0.4 is 10.6 Å². The standard InChI is InChI=1S/C34H26N4O2/c1-21-11-3-7-15-27(21)37-33(39)31-23-13-5-9-17-29(23)35-19-25(31)26-20-36-30-18-10-6-14-24(30)32(26)34(40)38-28-16-8-4-12-22(28)2/h3-20H,1-2H3,(H,37,39)(H,38,40). The third-order valence-corrected chi connectivity index (χ3v) is 7.08. The Morgan fingerprint density at radius 2 is 0.900 bits per heavy atom. The van der Waals surface area contributed by atoms with Gasteiger partial charge in [0.15, 0.2) is 0 Å². The van der Waals surface area contributed by atoms with E-state index in [1.54, 1.807) is 12.4 Å². The molecule has 0 unspecified atom stereocenters. The van der Waals surface area contributed by atoms with E-state index in [1.165, 1.54) is 0 Å². The second kappa shape index (κ2) is 10.4. The Bertz CT molecular complexity index is 1790. The van der Waals surface area contributed by atoms with Crippen molar-refractivity contribution in [3.05, 3.63) is 132 Å². The highest BCUT2D eigenvalue weighted by atomic mass is 16.2. The molecular weight excluding hydrogens is 496 g/mol. The molecule has 4 aromatic carbocycles. The van der Waals surface area contributed by atoms with Crippen LogP contribution in [-0.4, -0.2) is 21.8 Å². The van der Waals surface area contributed by atoms with Gasteiger partial charge in [0.25, 0.3) is 11.8 Å². The summed E-state index contributed by atoms with van der Waals surface area (Å²) >= 11 is 0. The monoisotopic (exact) mass is 522 g/mol. The van der Waals surface area contributed by atoms with Crippen LogP contribution in [0.2, 0.25) is 0 Å². The van der Waals surface area contributed by atoms with Crippen molar-refractivity contribution in [1.82, 2.24) is 9.97 Å². The second-order valence-corrected chi connectivity index (χ2v) is 9.67. The minimum Gasteiger partial charge on any atom is -0.322 e. The molecule has 0 aliphatic heterocycles. The van der Waals surface area contributed by atoms with Crippen molar-refractivity contribution in [2.75, 3.05) is 10.6 Å². The Morgan fingerprint density at radius 3 is 1.32 bits per heavy atom. The number of hydrogen-bond donors (Lipinski definition) is 2. The molecule has 0 fully saturated rings. The number of anilines is 2. The fraction of sp³-hybridized carbons (Fsp3) is 0.0588. The predicted molar refractivity (Wildman–Crippen MR) is 161 cm³/mol. The lowest BCUT2D eigenvalue weighted by Gasteiger charge is -2.18. The van der Waals surface area contributed by atoms with Gasteiger partial charge < -0.3 is 10.6 Å². The average Bonchev–Trinajstić information content (AvgIpc) is 2.98. The first-order chi connectivity index (χ1) is 19.5. The molecule has 0 radical (unpaired) electrons. The molecule has 6 aromatic rings. The fourth-order valence-corrected chi connectivity index (χ4v) is 4.98. The Kier molecular flexibility index (Phi) is 6.50. The number of carbonyl (C=O) groups excluding carboxylic acids is 2. The van der Waals surface area contributed by atoms with Crippen LogP contribution in [0, 0.1) is 13.8 Å². The van der Waals surface area contributed by atoms with Crippen LogP contribution in [0.3, 0.4) is 0 Å². The number of nitrogens with one attached hydrogen (secondary N) is 2. The number of nitrogens with zero attached hydrogens (tertiary/aromatic N) is 2. The third kappa shape index (κ3) is 4.56. The number of aryl methyl sites for hydroxylation is 2. The number of amides is 2. The van der Waals surface area contributed by atoms with E-state index in [9.17, 15) is 9.59 Å². The summed E-state index contributed by atoms with van der Waals surface area (Å²) in [5, 5.41) is 7.52. The number of carbonyl (C=O) groups is 2. The molecule has 6 heteroatoms. The number of benzene rings is 4. The van der Waals surface area contributed by atoms with Gasteiger partial charge in [0, 0.05) is 45.7 Å². The predicted octanol–water partition coefficient (Wildman–Crippen LogP) is 7.57. The van der Waals surface area contributed by atoms with E-state index in [0.29, 0.717) is 55.4 Å². The van der Waals surface area contributed by atoms with Gasteiger partial charge >= 0.3 is 0 Å². The molecule has 6 rings (SSSR count). The molecule has 0 atom stereocenters. The van der Waals surface area contributed by atoms with Crippen LogP contribution in [-0.2, 0) is 0 Å². The lowest BCUT2D eigenvalue weighted by Crippen LogP contribution is -2.18. The molecular formula is C34H26N4O2. The highest BCUT2D eigenvalue weighted by Crippen LogP contribution is 2.35. The average molecular weight is 523 g/mol. The van der Waals surface area contributed by atoms with E-state index < -0.39 is 0 Å². The first-order valence-electron chi connectivity index (χ1n) is 13.0. The van der Waals surface area contributed by atoms with Gasteiger partial charge in [0.1, 0.15) is 0 Å². The van der Waals surface area contributed by atoms with E-state index in [-0.39, 0.29) is 11.8 Å². The molecule has 6 nitrogen and oxygen atoms in total. The van der Waals surface area contributed by atoms with Crippen molar-refractivity contribution in [2.24, 2.45) is 0 Å². The van der Waals surface area contributed by atoms with E-state index >= 15 is 0 Å². The minimum absolute atomic E-state index is 0.290. The van der Waals surface area contributed by atoms with Crippen molar-refractivity contribution in [2.45, 2.75) is 13.8 Å². The van der Waals surface area contributed by atoms with Gasteiger partial charge in [-0.15, -0.1) is 0 Å². The van der Waals surface area contributed by atoms with Crippen LogP contribution in [0.5, 0.6) is 0 Å². The number of pyridine rings is 2. The van der Waals surface area contributed by atoms with Crippen molar-refractivity contribution >= 4 is 45.0 Å². The van der Waals surface area contributed by atoms with Gasteiger partial charge in [-0.25, -0.2) is 0 Å². The molecule has 40 heavy (non-hydrogen) atoms. The molecule has 0 aliphatic carbocycles. The van der Waals surface area contributed by atoms with Gasteiger partial charge in [-0.05, 0) is 49.2 Å². The van der Waals surface area contributed by atoms with Crippen molar-refractivity contribution in [3.63, 3.8) is 0 Å². The molecule has 0 spiro atoms. The maximum atomic E-state index is 14.0. The van der Waals surface area contributed by atoms with Gasteiger partial charge in [-0.3, -0.25) is 19.6 Å².